The Morgan fingerprint density at radius 2 is 1.68 bits per heavy atom. The van der Waals surface area contributed by atoms with Crippen LogP contribution in [0.15, 0.2) is 30.3 Å². The summed E-state index contributed by atoms with van der Waals surface area (Å²) in [5.41, 5.74) is 6.21. The maximum Gasteiger partial charge on any atom is 0.417 e. The Bertz CT molecular complexity index is 1140. The topological polar surface area (TPSA) is 168 Å². The summed E-state index contributed by atoms with van der Waals surface area (Å²) in [5, 5.41) is 5.46. The number of benzene rings is 1. The lowest BCUT2D eigenvalue weighted by Crippen LogP contribution is -2.59. The smallest absolute Gasteiger partial charge is 0.417 e. The van der Waals surface area contributed by atoms with E-state index in [1.807, 2.05) is 19.9 Å². The van der Waals surface area contributed by atoms with Gasteiger partial charge >= 0.3 is 6.09 Å². The number of hydrogen-bond acceptors (Lipinski definition) is 7. The first kappa shape index (κ1) is 31.6. The number of amides is 6. The Hall–Kier alpha value is -3.96. The molecule has 1 aromatic carbocycles. The van der Waals surface area contributed by atoms with Crippen molar-refractivity contribution in [2.75, 3.05) is 6.54 Å². The predicted molar refractivity (Wildman–Crippen MR) is 149 cm³/mol. The van der Waals surface area contributed by atoms with E-state index in [9.17, 15) is 28.8 Å². The van der Waals surface area contributed by atoms with Crippen LogP contribution >= 0.6 is 0 Å². The van der Waals surface area contributed by atoms with Gasteiger partial charge in [-0.1, -0.05) is 58.0 Å². The van der Waals surface area contributed by atoms with Crippen molar-refractivity contribution in [3.05, 3.63) is 35.9 Å². The summed E-state index contributed by atoms with van der Waals surface area (Å²) in [5.74, 6) is -3.07. The molecule has 2 heterocycles. The molecular weight excluding hydrogens is 530 g/mol. The van der Waals surface area contributed by atoms with E-state index in [0.717, 1.165) is 10.5 Å². The van der Waals surface area contributed by atoms with Gasteiger partial charge in [0, 0.05) is 13.0 Å². The second-order valence-electron chi connectivity index (χ2n) is 11.4. The average Bonchev–Trinajstić information content (AvgIpc) is 3.57. The Morgan fingerprint density at radius 3 is 2.29 bits per heavy atom. The minimum Gasteiger partial charge on any atom is -0.444 e. The van der Waals surface area contributed by atoms with Crippen LogP contribution in [0.5, 0.6) is 0 Å². The molecule has 1 aromatic rings. The lowest BCUT2D eigenvalue weighted by atomic mass is 9.99. The van der Waals surface area contributed by atoms with Crippen LogP contribution < -0.4 is 16.4 Å². The van der Waals surface area contributed by atoms with Gasteiger partial charge in [0.15, 0.2) is 0 Å². The largest absolute Gasteiger partial charge is 0.444 e. The summed E-state index contributed by atoms with van der Waals surface area (Å²) in [6, 6.07) is 5.12. The molecule has 12 heteroatoms. The number of hydrogen-bond donors (Lipinski definition) is 3. The normalized spacial score (nSPS) is 20.2. The molecule has 4 atom stereocenters. The molecule has 0 radical (unpaired) electrons. The van der Waals surface area contributed by atoms with Crippen molar-refractivity contribution in [3.8, 4) is 0 Å². The second-order valence-corrected chi connectivity index (χ2v) is 11.4. The lowest BCUT2D eigenvalue weighted by molar-refractivity contribution is -0.142. The van der Waals surface area contributed by atoms with E-state index in [1.165, 1.54) is 4.90 Å². The monoisotopic (exact) mass is 571 g/mol. The van der Waals surface area contributed by atoms with Crippen molar-refractivity contribution in [2.45, 2.75) is 90.6 Å². The van der Waals surface area contributed by atoms with E-state index in [1.54, 1.807) is 38.1 Å². The fourth-order valence-electron chi connectivity index (χ4n) is 5.19. The van der Waals surface area contributed by atoms with Gasteiger partial charge in [-0.25, -0.2) is 9.69 Å². The molecule has 2 saturated heterocycles. The maximum atomic E-state index is 13.5. The van der Waals surface area contributed by atoms with Gasteiger partial charge in [-0.3, -0.25) is 24.0 Å². The number of rotatable bonds is 11. The quantitative estimate of drug-likeness (QED) is 0.361. The number of primary amides is 1. The van der Waals surface area contributed by atoms with Crippen LogP contribution in [0.25, 0.3) is 0 Å². The fraction of sp³-hybridized carbons (Fsp3) is 0.586. The van der Waals surface area contributed by atoms with E-state index in [0.29, 0.717) is 19.4 Å². The first-order valence-corrected chi connectivity index (χ1v) is 14.1. The van der Waals surface area contributed by atoms with Gasteiger partial charge in [0.05, 0.1) is 0 Å². The summed E-state index contributed by atoms with van der Waals surface area (Å²) in [6.45, 7) is 7.61. The molecule has 2 aliphatic heterocycles. The van der Waals surface area contributed by atoms with Gasteiger partial charge in [-0.2, -0.15) is 0 Å². The summed E-state index contributed by atoms with van der Waals surface area (Å²) in [7, 11) is 0. The van der Waals surface area contributed by atoms with Crippen molar-refractivity contribution < 1.29 is 33.5 Å². The number of carbonyl (C=O) groups is 6. The van der Waals surface area contributed by atoms with Crippen molar-refractivity contribution in [3.63, 3.8) is 0 Å². The molecule has 0 unspecified atom stereocenters. The number of nitrogens with zero attached hydrogens (tertiary/aromatic N) is 2. The number of nitrogens with one attached hydrogen (secondary N) is 2. The average molecular weight is 572 g/mol. The first-order valence-electron chi connectivity index (χ1n) is 14.1. The van der Waals surface area contributed by atoms with E-state index < -0.39 is 59.8 Å². The summed E-state index contributed by atoms with van der Waals surface area (Å²) in [4.78, 5) is 79.5. The van der Waals surface area contributed by atoms with E-state index in [-0.39, 0.29) is 37.7 Å². The molecule has 0 aromatic heterocycles. The zero-order chi connectivity index (χ0) is 30.3. The number of likely N-dealkylation sites (tertiary alicyclic amines) is 2. The molecule has 2 fully saturated rings. The van der Waals surface area contributed by atoms with Gasteiger partial charge in [0.25, 0.3) is 0 Å². The minimum absolute atomic E-state index is 0.00535. The lowest BCUT2D eigenvalue weighted by Gasteiger charge is -2.31. The Balaban J connectivity index is 1.70. The highest BCUT2D eigenvalue weighted by Gasteiger charge is 2.43. The van der Waals surface area contributed by atoms with Crippen molar-refractivity contribution in [1.29, 1.82) is 0 Å². The van der Waals surface area contributed by atoms with Crippen LogP contribution in [-0.2, 0) is 35.3 Å². The van der Waals surface area contributed by atoms with Crippen LogP contribution in [0.2, 0.25) is 0 Å². The summed E-state index contributed by atoms with van der Waals surface area (Å²) in [6.07, 6.45) is 0.507. The SMILES string of the molecule is CC(C)C[C@H](NC(=O)[C@@H]1CCC(=O)N1C(=O)OCc1ccccc1)C(=O)N[C@@H](C(=O)N1CCC[C@H]1C(N)=O)C(C)C. The van der Waals surface area contributed by atoms with Gasteiger partial charge < -0.3 is 26.0 Å². The number of carbonyl (C=O) groups excluding carboxylic acids is 6. The van der Waals surface area contributed by atoms with Crippen LogP contribution in [0.3, 0.4) is 0 Å². The Labute approximate surface area is 240 Å². The highest BCUT2D eigenvalue weighted by atomic mass is 16.6. The van der Waals surface area contributed by atoms with Gasteiger partial charge in [-0.15, -0.1) is 0 Å². The zero-order valence-corrected chi connectivity index (χ0v) is 24.1. The molecule has 224 valence electrons. The van der Waals surface area contributed by atoms with Gasteiger partial charge in [0.1, 0.15) is 30.8 Å². The van der Waals surface area contributed by atoms with Crippen LogP contribution in [-0.4, -0.2) is 76.1 Å². The zero-order valence-electron chi connectivity index (χ0n) is 24.1. The molecule has 2 aliphatic rings. The van der Waals surface area contributed by atoms with E-state index in [4.69, 9.17) is 10.5 Å². The Kier molecular flexibility index (Phi) is 10.8. The maximum absolute atomic E-state index is 13.5. The van der Waals surface area contributed by atoms with E-state index in [2.05, 4.69) is 10.6 Å². The third-order valence-electron chi connectivity index (χ3n) is 7.35. The highest BCUT2D eigenvalue weighted by Crippen LogP contribution is 2.22. The third kappa shape index (κ3) is 8.05. The van der Waals surface area contributed by atoms with Crippen molar-refractivity contribution in [2.24, 2.45) is 17.6 Å². The highest BCUT2D eigenvalue weighted by molar-refractivity contribution is 6.02. The summed E-state index contributed by atoms with van der Waals surface area (Å²) < 4.78 is 5.29. The van der Waals surface area contributed by atoms with Crippen LogP contribution in [0.1, 0.15) is 65.4 Å². The van der Waals surface area contributed by atoms with Crippen LogP contribution in [0, 0.1) is 11.8 Å². The molecule has 0 aliphatic carbocycles. The standard InChI is InChI=1S/C29H41N5O7/c1-17(2)15-20(26(37)32-24(18(3)4)28(39)33-14-8-11-21(33)25(30)36)31-27(38)22-12-13-23(35)34(22)29(40)41-16-19-9-6-5-7-10-19/h5-7,9-10,17-18,20-22,24H,8,11-16H2,1-4H3,(H2,30,36)(H,31,38)(H,32,37)/t20-,21-,22-,24+/m0/s1. The molecule has 4 N–H and O–H groups in total. The Morgan fingerprint density at radius 1 is 1.00 bits per heavy atom. The molecule has 12 nitrogen and oxygen atoms in total. The van der Waals surface area contributed by atoms with Crippen LogP contribution in [0.4, 0.5) is 4.79 Å². The molecule has 6 amide bonds. The molecule has 0 saturated carbocycles. The summed E-state index contributed by atoms with van der Waals surface area (Å²) >= 11 is 0. The van der Waals surface area contributed by atoms with Crippen molar-refractivity contribution in [1.82, 2.24) is 20.4 Å². The first-order chi connectivity index (χ1) is 19.4. The number of imide groups is 1. The molecular formula is C29H41N5O7. The fourth-order valence-corrected chi connectivity index (χ4v) is 5.19. The predicted octanol–water partition coefficient (Wildman–Crippen LogP) is 1.46. The number of ether oxygens (including phenoxy) is 1. The molecule has 0 bridgehead atoms. The molecule has 0 spiro atoms. The van der Waals surface area contributed by atoms with Crippen molar-refractivity contribution >= 4 is 35.6 Å². The third-order valence-corrected chi connectivity index (χ3v) is 7.35. The molecule has 3 rings (SSSR count). The minimum atomic E-state index is -1.13. The van der Waals surface area contributed by atoms with Gasteiger partial charge in [-0.05, 0) is 43.1 Å². The molecule has 41 heavy (non-hydrogen) atoms. The van der Waals surface area contributed by atoms with E-state index >= 15 is 0 Å². The second kappa shape index (κ2) is 14.1. The number of nitrogens with two attached hydrogens (primary N) is 1. The van der Waals surface area contributed by atoms with Gasteiger partial charge in [0.2, 0.25) is 29.5 Å².